The number of aliphatic hydroxyl groups excluding tert-OH is 1. The molecular formula is C94H118N6O13S2. The number of carbonyl (C=O) groups excluding carboxylic acids is 2. The molecular weight excluding hydrogens is 1490 g/mol. The van der Waals surface area contributed by atoms with E-state index in [1.165, 1.54) is 51.5 Å². The number of allylic oxidation sites excluding steroid dienone is 15. The number of rotatable bonds is 9. The molecule has 0 saturated heterocycles. The Labute approximate surface area is 690 Å². The van der Waals surface area contributed by atoms with Gasteiger partial charge < -0.3 is 65.4 Å². The van der Waals surface area contributed by atoms with Gasteiger partial charge in [-0.2, -0.15) is 10.2 Å². The number of thiocarbonyl (C=S) groups is 2. The van der Waals surface area contributed by atoms with Crippen LogP contribution >= 0.6 is 24.4 Å². The zero-order valence-corrected chi connectivity index (χ0v) is 70.4. The van der Waals surface area contributed by atoms with E-state index in [2.05, 4.69) is 139 Å². The van der Waals surface area contributed by atoms with Crippen molar-refractivity contribution in [3.63, 3.8) is 0 Å². The predicted molar refractivity (Wildman–Crippen MR) is 456 cm³/mol. The molecule has 14 aliphatic rings. The second-order valence-electron chi connectivity index (χ2n) is 34.6. The quantitative estimate of drug-likeness (QED) is 0.0488. The smallest absolute Gasteiger partial charge is 0.231 e. The fourth-order valence-electron chi connectivity index (χ4n) is 22.4. The molecule has 21 heteroatoms. The molecule has 16 rings (SSSR count). The molecule has 0 radical (unpaired) electrons. The number of ketones is 2. The number of fused-ring (bicyclic) bond motifs is 13. The molecule has 19 nitrogen and oxygen atoms in total. The van der Waals surface area contributed by atoms with Crippen LogP contribution in [0.4, 0.5) is 0 Å². The van der Waals surface area contributed by atoms with Gasteiger partial charge >= 0.3 is 0 Å². The maximum absolute atomic E-state index is 12.2. The van der Waals surface area contributed by atoms with Crippen molar-refractivity contribution in [2.24, 2.45) is 79.3 Å². The summed E-state index contributed by atoms with van der Waals surface area (Å²) in [6.45, 7) is 23.5. The zero-order chi connectivity index (χ0) is 82.4. The molecule has 15 atom stereocenters. The van der Waals surface area contributed by atoms with Gasteiger partial charge in [-0.25, -0.2) is 0 Å². The highest BCUT2D eigenvalue weighted by atomic mass is 32.1. The average Bonchev–Trinajstić information content (AvgIpc) is 1.31. The summed E-state index contributed by atoms with van der Waals surface area (Å²) in [7, 11) is 0. The lowest BCUT2D eigenvalue weighted by molar-refractivity contribution is -0.120. The number of carbonyl (C=O) groups is 2. The summed E-state index contributed by atoms with van der Waals surface area (Å²) in [4.78, 5) is 22.5. The van der Waals surface area contributed by atoms with E-state index in [4.69, 9.17) is 74.5 Å². The molecule has 0 unspecified atom stereocenters. The molecule has 3 heterocycles. The van der Waals surface area contributed by atoms with E-state index in [-0.39, 0.29) is 89.2 Å². The van der Waals surface area contributed by atoms with Crippen LogP contribution in [-0.2, 0) is 19.1 Å². The highest BCUT2D eigenvalue weighted by molar-refractivity contribution is 7.80. The summed E-state index contributed by atoms with van der Waals surface area (Å²) in [5.74, 6) is 26.6. The number of hydrogen-bond donors (Lipinski definition) is 9. The van der Waals surface area contributed by atoms with Crippen molar-refractivity contribution in [3.8, 4) is 58.5 Å². The molecule has 0 amide bonds. The van der Waals surface area contributed by atoms with Gasteiger partial charge in [0.1, 0.15) is 22.6 Å². The number of hydrogen-bond acceptors (Lipinski definition) is 17. The van der Waals surface area contributed by atoms with Gasteiger partial charge in [-0.1, -0.05) is 92.2 Å². The normalized spacial score (nSPS) is 34.1. The molecule has 0 bridgehead atoms. The van der Waals surface area contributed by atoms with Gasteiger partial charge in [-0.05, 0) is 331 Å². The molecule has 6 fully saturated rings. The van der Waals surface area contributed by atoms with Gasteiger partial charge in [-0.15, -0.1) is 17.8 Å². The third kappa shape index (κ3) is 17.7. The number of nitrogens with one attached hydrogen (secondary N) is 2. The Bertz CT molecular complexity index is 4670. The summed E-state index contributed by atoms with van der Waals surface area (Å²) in [6, 6.07) is 12.7. The van der Waals surface area contributed by atoms with Crippen LogP contribution in [0.5, 0.6) is 23.0 Å². The van der Waals surface area contributed by atoms with E-state index >= 15 is 0 Å². The number of aliphatic hydroxyl groups is 5. The Balaban J connectivity index is 0.000000149. The molecule has 2 aromatic rings. The third-order valence-corrected chi connectivity index (χ3v) is 27.5. The molecule has 614 valence electrons. The third-order valence-electron chi connectivity index (χ3n) is 27.3. The fraction of sp³-hybridized carbons (Fsp3) is 0.553. The van der Waals surface area contributed by atoms with Crippen LogP contribution < -0.4 is 41.3 Å². The number of nitrogens with two attached hydrogens (primary N) is 2. The Morgan fingerprint density at radius 2 is 1.10 bits per heavy atom. The van der Waals surface area contributed by atoms with Crippen molar-refractivity contribution in [1.29, 1.82) is 0 Å². The minimum Gasteiger partial charge on any atom is -0.454 e. The number of hydrazone groups is 2. The van der Waals surface area contributed by atoms with E-state index in [1.807, 2.05) is 45.1 Å². The molecule has 2 aromatic carbocycles. The van der Waals surface area contributed by atoms with E-state index in [1.54, 1.807) is 32.4 Å². The van der Waals surface area contributed by atoms with Gasteiger partial charge in [0, 0.05) is 47.5 Å². The highest BCUT2D eigenvalue weighted by Gasteiger charge is 2.65. The second-order valence-corrected chi connectivity index (χ2v) is 35.5. The Hall–Kier alpha value is -8.56. The molecule has 6 saturated carbocycles. The van der Waals surface area contributed by atoms with Crippen molar-refractivity contribution in [1.82, 2.24) is 10.9 Å². The summed E-state index contributed by atoms with van der Waals surface area (Å²) in [5.41, 5.74) is 26.5. The lowest BCUT2D eigenvalue weighted by Crippen LogP contribution is -2.51. The molecule has 11 N–H and O–H groups in total. The van der Waals surface area contributed by atoms with Crippen LogP contribution in [0.2, 0.25) is 0 Å². The van der Waals surface area contributed by atoms with Crippen LogP contribution in [0.15, 0.2) is 152 Å². The molecule has 115 heavy (non-hydrogen) atoms. The standard InChI is InChI=1S/C29H33N3O3S.C29H37N3O3S.C28H30O4.C6H12O2.C2H6O/c1-3-11-29(33)12-10-23-21-7-4-17-13-19(31-32-27(30)36)6-8-20(17)26(21)22(15-28(23,29)2)18-5-9-24-25(14-18)35-16-34-24;1-4-16-29(33)17-15-24-23-11-7-6-9-21(31-32-27(30)36)10-8-12-22(23)20(18-28(24,29)3)13-14-26-25(5-2)34-19-35-26;1-3-11-28(30)12-10-23-21-7-4-17-13-19(29)6-8-20(17)26(21)22(15-27(23,28)2)18-5-9-24-25(14-18)32-16-31-24;1-5(7)4-6(2,3)8;1-2-3/h5,9,13-14,21-23,33H,4,6-8,10,12,15-16H2,1-2H3,(H3,30,32,36);5-6,9,12-14,20,23-24,33H,2,7-8,10-11,15,17-19H2,1,3H3,(H3,30,32,36);5,9,13-14,21-23,30H,4,6-8,10,12,15-16H2,1-2H3;8H,4H2,1-3H3;3H,2H2,1H3/b;9-6+,14-13+,22-12+,31-21?;;;/t21-,22+,23-,28-,29-;20-,23+,24-,28-,29-;21-,22+,23-,27-,28-;;/m000../s1. The first kappa shape index (κ1) is 85.8. The van der Waals surface area contributed by atoms with Crippen molar-refractivity contribution in [2.45, 2.75) is 245 Å². The van der Waals surface area contributed by atoms with Gasteiger partial charge in [0.15, 0.2) is 50.5 Å². The maximum Gasteiger partial charge on any atom is 0.231 e. The molecule has 11 aliphatic carbocycles. The monoisotopic (exact) mass is 1600 g/mol. The van der Waals surface area contributed by atoms with E-state index in [0.29, 0.717) is 53.4 Å². The fourth-order valence-corrected chi connectivity index (χ4v) is 22.5. The summed E-state index contributed by atoms with van der Waals surface area (Å²) >= 11 is 9.83. The number of Topliss-reactive ketones (excluding diaryl/α,β-unsaturated/α-hetero) is 1. The van der Waals surface area contributed by atoms with Crippen molar-refractivity contribution in [2.75, 3.05) is 27.0 Å². The first-order valence-corrected chi connectivity index (χ1v) is 42.1. The summed E-state index contributed by atoms with van der Waals surface area (Å²) in [6.07, 6.45) is 35.7. The Morgan fingerprint density at radius 1 is 0.626 bits per heavy atom. The minimum atomic E-state index is -0.972. The Morgan fingerprint density at radius 3 is 1.58 bits per heavy atom. The lowest BCUT2D eigenvalue weighted by atomic mass is 9.51. The van der Waals surface area contributed by atoms with E-state index in [0.717, 1.165) is 163 Å². The van der Waals surface area contributed by atoms with E-state index < -0.39 is 22.4 Å². The number of nitrogens with zero attached hydrogens (tertiary/aromatic N) is 2. The van der Waals surface area contributed by atoms with Gasteiger partial charge in [0.25, 0.3) is 0 Å². The second kappa shape index (κ2) is 35.7. The molecule has 0 aromatic heterocycles. The first-order chi connectivity index (χ1) is 54.9. The van der Waals surface area contributed by atoms with Crippen LogP contribution in [-0.4, -0.2) is 108 Å². The topological polar surface area (TPSA) is 291 Å². The van der Waals surface area contributed by atoms with Gasteiger partial charge in [-0.3, -0.25) is 20.4 Å². The van der Waals surface area contributed by atoms with E-state index in [9.17, 15) is 24.9 Å². The molecule has 3 aliphatic heterocycles. The zero-order valence-electron chi connectivity index (χ0n) is 68.7. The number of ether oxygens (including phenoxy) is 6. The maximum atomic E-state index is 12.2. The van der Waals surface area contributed by atoms with Crippen molar-refractivity contribution < 1.29 is 63.5 Å². The largest absolute Gasteiger partial charge is 0.454 e. The predicted octanol–water partition coefficient (Wildman–Crippen LogP) is 15.5. The van der Waals surface area contributed by atoms with Crippen LogP contribution in [0.25, 0.3) is 0 Å². The Kier molecular flexibility index (Phi) is 26.6. The SMILES string of the molecule is C=CC1=C(/C=C/[C@H]2C[C@@]3(C)[C@@H](CC[C@@]3(O)C#CC)[C@@H]3CC/C=C/C(=NNC(N)=S)CC/C=C/32)OCO1.CC#C[C@]1(O)CC[C@H]2[C@@H]3CCC4=CC(=NNC(N)=S)CCC4=C3[C@@H](c3ccc4c(c3)OCO4)C[C@@]21C.CC#C[C@]1(O)CC[C@H]2[C@@H]3CCC4=CC(=O)CCC4=C3[C@@H](c3ccc4c(c3)OCO4)C[C@@]21C.CC(=O)CC(C)(C)O.CCO. The summed E-state index contributed by atoms with van der Waals surface area (Å²) in [5, 5.41) is 61.0. The summed E-state index contributed by atoms with van der Waals surface area (Å²) < 4.78 is 33.8. The van der Waals surface area contributed by atoms with Crippen LogP contribution in [0, 0.1) is 93.2 Å². The van der Waals surface area contributed by atoms with Gasteiger partial charge in [0.05, 0.1) is 17.0 Å². The lowest BCUT2D eigenvalue weighted by Gasteiger charge is -2.53. The van der Waals surface area contributed by atoms with Crippen LogP contribution in [0.3, 0.4) is 0 Å². The first-order valence-electron chi connectivity index (χ1n) is 41.3. The minimum absolute atomic E-state index is 0.0255. The number of benzene rings is 2. The molecule has 0 spiro atoms. The van der Waals surface area contributed by atoms with Crippen molar-refractivity contribution in [3.05, 3.63) is 153 Å². The van der Waals surface area contributed by atoms with Crippen molar-refractivity contribution >= 4 is 57.7 Å². The average molecular weight is 1600 g/mol. The van der Waals surface area contributed by atoms with Gasteiger partial charge in [0.2, 0.25) is 20.4 Å². The van der Waals surface area contributed by atoms with Crippen LogP contribution in [0.1, 0.15) is 233 Å². The highest BCUT2D eigenvalue weighted by Crippen LogP contribution is 2.70.